The van der Waals surface area contributed by atoms with E-state index in [0.29, 0.717) is 58.1 Å². The number of halogens is 2. The molecule has 2 heterocycles. The lowest BCUT2D eigenvalue weighted by atomic mass is 9.41. The molecule has 5 aliphatic carbocycles. The van der Waals surface area contributed by atoms with Crippen molar-refractivity contribution in [1.82, 2.24) is 19.9 Å². The molecule has 5 fully saturated rings. The van der Waals surface area contributed by atoms with Crippen molar-refractivity contribution in [2.24, 2.45) is 11.8 Å². The molecule has 12 heteroatoms. The van der Waals surface area contributed by atoms with Crippen molar-refractivity contribution in [2.45, 2.75) is 101 Å². The van der Waals surface area contributed by atoms with Gasteiger partial charge in [0.25, 0.3) is 0 Å². The number of rotatable bonds is 10. The third-order valence-corrected chi connectivity index (χ3v) is 12.3. The Bertz CT molecular complexity index is 1710. The Morgan fingerprint density at radius 2 is 0.833 bits per heavy atom. The fourth-order valence-corrected chi connectivity index (χ4v) is 10.2. The van der Waals surface area contributed by atoms with Gasteiger partial charge in [-0.05, 0) is 96.6 Å². The maximum atomic E-state index is 6.14. The first-order valence-electron chi connectivity index (χ1n) is 19.1. The summed E-state index contributed by atoms with van der Waals surface area (Å²) in [5.74, 6) is 4.93. The molecular weight excluding hydrogens is 727 g/mol. The smallest absolute Gasteiger partial charge is 0.224 e. The number of hydrogen-bond acceptors (Lipinski definition) is 10. The van der Waals surface area contributed by atoms with Gasteiger partial charge in [0.15, 0.2) is 23.0 Å². The van der Waals surface area contributed by atoms with Gasteiger partial charge in [-0.2, -0.15) is 0 Å². The second-order valence-electron chi connectivity index (χ2n) is 15.3. The van der Waals surface area contributed by atoms with Gasteiger partial charge in [-0.15, -0.1) is 0 Å². The lowest BCUT2D eigenvalue weighted by Gasteiger charge is -2.62. The molecule has 0 aliphatic heterocycles. The van der Waals surface area contributed by atoms with E-state index in [-0.39, 0.29) is 21.1 Å². The molecule has 0 amide bonds. The van der Waals surface area contributed by atoms with Gasteiger partial charge in [0, 0.05) is 12.1 Å². The second kappa shape index (κ2) is 16.8. The van der Waals surface area contributed by atoms with E-state index in [0.717, 1.165) is 32.1 Å². The molecule has 4 aromatic rings. The zero-order chi connectivity index (χ0) is 37.7. The van der Waals surface area contributed by atoms with Crippen LogP contribution in [-0.2, 0) is 10.8 Å². The van der Waals surface area contributed by atoms with Crippen LogP contribution in [0.2, 0.25) is 10.3 Å². The minimum atomic E-state index is -0.0747. The van der Waals surface area contributed by atoms with Crippen LogP contribution in [0.3, 0.4) is 0 Å². The van der Waals surface area contributed by atoms with Gasteiger partial charge in [-0.1, -0.05) is 74.6 Å². The molecule has 2 aromatic carbocycles. The van der Waals surface area contributed by atoms with Gasteiger partial charge in [-0.3, -0.25) is 0 Å². The number of benzene rings is 2. The average Bonchev–Trinajstić information content (AvgIpc) is 3.14. The molecule has 0 saturated heterocycles. The molecule has 0 unspecified atom stereocenters. The lowest BCUT2D eigenvalue weighted by molar-refractivity contribution is -0.0284. The molecule has 9 rings (SSSR count). The Morgan fingerprint density at radius 3 is 1.13 bits per heavy atom. The average molecular weight is 778 g/mol. The van der Waals surface area contributed by atoms with E-state index in [1.165, 1.54) is 81.6 Å². The summed E-state index contributed by atoms with van der Waals surface area (Å²) >= 11 is 12.2. The highest BCUT2D eigenvalue weighted by Gasteiger charge is 2.59. The van der Waals surface area contributed by atoms with E-state index in [2.05, 4.69) is 44.2 Å². The molecule has 4 bridgehead atoms. The number of aromatic nitrogens is 4. The molecule has 0 atom stereocenters. The first-order chi connectivity index (χ1) is 26.3. The molecule has 54 heavy (non-hydrogen) atoms. The van der Waals surface area contributed by atoms with Gasteiger partial charge in [0.2, 0.25) is 23.3 Å². The second-order valence-corrected chi connectivity index (χ2v) is 16.1. The molecule has 288 valence electrons. The Morgan fingerprint density at radius 1 is 0.500 bits per heavy atom. The number of hydrogen-bond donors (Lipinski definition) is 0. The quantitative estimate of drug-likeness (QED) is 0.144. The molecule has 10 nitrogen and oxygen atoms in total. The summed E-state index contributed by atoms with van der Waals surface area (Å²) < 4.78 is 35.8. The van der Waals surface area contributed by atoms with Crippen molar-refractivity contribution in [3.63, 3.8) is 0 Å². The van der Waals surface area contributed by atoms with Gasteiger partial charge in [-0.25, -0.2) is 19.9 Å². The molecule has 5 aliphatic rings. The molecule has 0 radical (unpaired) electrons. The van der Waals surface area contributed by atoms with E-state index < -0.39 is 0 Å². The zero-order valence-electron chi connectivity index (χ0n) is 31.7. The first-order valence-corrected chi connectivity index (χ1v) is 19.9. The van der Waals surface area contributed by atoms with Crippen LogP contribution in [0.1, 0.15) is 101 Å². The minimum Gasteiger partial charge on any atom is -0.493 e. The van der Waals surface area contributed by atoms with E-state index in [1.54, 1.807) is 40.6 Å². The van der Waals surface area contributed by atoms with Crippen LogP contribution < -0.4 is 28.4 Å². The fraction of sp³-hybridized carbons (Fsp3) is 0.524. The van der Waals surface area contributed by atoms with Gasteiger partial charge in [0.1, 0.15) is 23.0 Å². The monoisotopic (exact) mass is 776 g/mol. The topological polar surface area (TPSA) is 107 Å². The normalized spacial score (nSPS) is 24.3. The van der Waals surface area contributed by atoms with Crippen LogP contribution in [-0.4, -0.2) is 48.4 Å². The molecular formula is C42H50Cl2N4O6. The van der Waals surface area contributed by atoms with Crippen molar-refractivity contribution in [2.75, 3.05) is 28.4 Å². The summed E-state index contributed by atoms with van der Waals surface area (Å²) in [6.45, 7) is 0. The summed E-state index contributed by atoms with van der Waals surface area (Å²) in [6, 6.07) is 11.5. The third-order valence-electron chi connectivity index (χ3n) is 11.8. The van der Waals surface area contributed by atoms with Crippen LogP contribution in [0.15, 0.2) is 49.1 Å². The highest BCUT2D eigenvalue weighted by molar-refractivity contribution is 6.29. The highest BCUT2D eigenvalue weighted by atomic mass is 35.5. The van der Waals surface area contributed by atoms with Crippen molar-refractivity contribution in [3.8, 4) is 46.3 Å². The summed E-state index contributed by atoms with van der Waals surface area (Å²) in [7, 11) is 6.54. The Balaban J connectivity index is 0.000000501. The van der Waals surface area contributed by atoms with Crippen LogP contribution in [0.4, 0.5) is 0 Å². The number of ether oxygens (including phenoxy) is 6. The van der Waals surface area contributed by atoms with Gasteiger partial charge >= 0.3 is 0 Å². The Kier molecular flexibility index (Phi) is 11.9. The molecule has 0 spiro atoms. The van der Waals surface area contributed by atoms with Crippen LogP contribution in [0.5, 0.6) is 46.3 Å². The largest absolute Gasteiger partial charge is 0.493 e. The minimum absolute atomic E-state index is 0.0747. The highest BCUT2D eigenvalue weighted by Crippen LogP contribution is 2.67. The SMILES string of the molecule is C1CCCCCCC1.COc1cc(C23CC4CC(C2)CC(c2cc(OC)c(Oc5cc(Cl)ncn5)c(OC)c2)(C4)C3)cc(OC)c1Oc1cc(Cl)ncn1. The van der Waals surface area contributed by atoms with E-state index >= 15 is 0 Å². The van der Waals surface area contributed by atoms with Crippen molar-refractivity contribution < 1.29 is 28.4 Å². The van der Waals surface area contributed by atoms with Gasteiger partial charge < -0.3 is 28.4 Å². The standard InChI is InChI=1S/C34H34Cl2N4O6.C8H16/c1-41-23-6-21(7-24(42-2)31(23)45-29-10-27(35)37-17-39-29)33-12-19-5-20(13-33)15-34(14-19,16-33)22-8-25(43-3)32(26(9-22)44-4)46-30-11-28(36)38-18-40-30;1-2-4-6-8-7-5-3-1/h6-11,17-20H,5,12-16H2,1-4H3;1-8H2. The van der Waals surface area contributed by atoms with Crippen LogP contribution in [0.25, 0.3) is 0 Å². The van der Waals surface area contributed by atoms with Crippen molar-refractivity contribution in [3.05, 3.63) is 70.5 Å². The molecule has 5 saturated carbocycles. The number of methoxy groups -OCH3 is 4. The van der Waals surface area contributed by atoms with Crippen molar-refractivity contribution >= 4 is 23.2 Å². The lowest BCUT2D eigenvalue weighted by Crippen LogP contribution is -2.55. The predicted octanol–water partition coefficient (Wildman–Crippen LogP) is 11.1. The maximum absolute atomic E-state index is 6.14. The summed E-state index contributed by atoms with van der Waals surface area (Å²) in [5.41, 5.74) is 2.23. The molecule has 2 aromatic heterocycles. The van der Waals surface area contributed by atoms with E-state index in [9.17, 15) is 0 Å². The predicted molar refractivity (Wildman–Crippen MR) is 208 cm³/mol. The maximum Gasteiger partial charge on any atom is 0.224 e. The van der Waals surface area contributed by atoms with E-state index in [1.807, 2.05) is 0 Å². The Hall–Kier alpha value is -4.02. The first kappa shape index (κ1) is 38.3. The zero-order valence-corrected chi connectivity index (χ0v) is 33.2. The van der Waals surface area contributed by atoms with E-state index in [4.69, 9.17) is 51.6 Å². The van der Waals surface area contributed by atoms with Gasteiger partial charge in [0.05, 0.1) is 28.4 Å². The van der Waals surface area contributed by atoms with Crippen LogP contribution >= 0.6 is 23.2 Å². The molecule has 0 N–H and O–H groups in total. The van der Waals surface area contributed by atoms with Crippen LogP contribution in [0, 0.1) is 11.8 Å². The summed E-state index contributed by atoms with van der Waals surface area (Å²) in [6.07, 6.45) is 21.3. The Labute approximate surface area is 328 Å². The van der Waals surface area contributed by atoms with Crippen molar-refractivity contribution in [1.29, 1.82) is 0 Å². The summed E-state index contributed by atoms with van der Waals surface area (Å²) in [5, 5.41) is 0.564. The summed E-state index contributed by atoms with van der Waals surface area (Å²) in [4.78, 5) is 16.3. The fourth-order valence-electron chi connectivity index (χ4n) is 9.88. The number of nitrogens with zero attached hydrogens (tertiary/aromatic N) is 4. The third kappa shape index (κ3) is 8.15.